The quantitative estimate of drug-likeness (QED) is 0.796. The molecule has 0 saturated heterocycles. The Balaban J connectivity index is 1.78. The zero-order valence-electron chi connectivity index (χ0n) is 12.3. The molecule has 0 aliphatic heterocycles. The second-order valence-electron chi connectivity index (χ2n) is 5.00. The van der Waals surface area contributed by atoms with E-state index < -0.39 is 0 Å². The van der Waals surface area contributed by atoms with Crippen LogP contribution in [0.4, 0.5) is 5.69 Å². The Hall–Kier alpha value is -2.79. The van der Waals surface area contributed by atoms with Gasteiger partial charge >= 0.3 is 0 Å². The molecular formula is C17H13ClN4O. The second kappa shape index (κ2) is 6.54. The lowest BCUT2D eigenvalue weighted by atomic mass is 10.1. The minimum atomic E-state index is -0.265. The highest BCUT2D eigenvalue weighted by Crippen LogP contribution is 2.23. The Morgan fingerprint density at radius 3 is 2.52 bits per heavy atom. The molecule has 1 aromatic carbocycles. The van der Waals surface area contributed by atoms with Crippen LogP contribution in [0.25, 0.3) is 11.3 Å². The van der Waals surface area contributed by atoms with Crippen LogP contribution in [-0.2, 0) is 0 Å². The fraction of sp³-hybridized carbons (Fsp3) is 0.0588. The lowest BCUT2D eigenvalue weighted by Gasteiger charge is -2.08. The fourth-order valence-electron chi connectivity index (χ4n) is 2.05. The van der Waals surface area contributed by atoms with Gasteiger partial charge in [-0.15, -0.1) is 0 Å². The highest BCUT2D eigenvalue weighted by molar-refractivity contribution is 6.34. The van der Waals surface area contributed by atoms with Gasteiger partial charge in [-0.05, 0) is 36.8 Å². The average Bonchev–Trinajstić information content (AvgIpc) is 2.58. The number of hydrogen-bond acceptors (Lipinski definition) is 4. The van der Waals surface area contributed by atoms with Crippen molar-refractivity contribution in [3.8, 4) is 11.3 Å². The van der Waals surface area contributed by atoms with Crippen molar-refractivity contribution in [3.63, 3.8) is 0 Å². The molecule has 23 heavy (non-hydrogen) atoms. The minimum absolute atomic E-state index is 0.265. The highest BCUT2D eigenvalue weighted by Gasteiger charge is 2.10. The van der Waals surface area contributed by atoms with E-state index in [0.717, 1.165) is 11.1 Å². The highest BCUT2D eigenvalue weighted by atomic mass is 35.5. The fourth-order valence-corrected chi connectivity index (χ4v) is 2.33. The average molecular weight is 325 g/mol. The van der Waals surface area contributed by atoms with Gasteiger partial charge in [-0.1, -0.05) is 17.7 Å². The van der Waals surface area contributed by atoms with Crippen LogP contribution in [0.15, 0.2) is 55.2 Å². The summed E-state index contributed by atoms with van der Waals surface area (Å²) in [5.41, 5.74) is 3.55. The van der Waals surface area contributed by atoms with E-state index in [9.17, 15) is 4.79 Å². The summed E-state index contributed by atoms with van der Waals surface area (Å²) in [6, 6.07) is 8.92. The third kappa shape index (κ3) is 3.52. The molecule has 0 unspecified atom stereocenters. The maximum Gasteiger partial charge on any atom is 0.257 e. The van der Waals surface area contributed by atoms with E-state index in [-0.39, 0.29) is 5.91 Å². The van der Waals surface area contributed by atoms with Crippen molar-refractivity contribution in [1.29, 1.82) is 0 Å². The Kier molecular flexibility index (Phi) is 4.30. The van der Waals surface area contributed by atoms with Crippen molar-refractivity contribution in [2.45, 2.75) is 6.92 Å². The monoisotopic (exact) mass is 324 g/mol. The molecule has 2 heterocycles. The molecule has 0 bridgehead atoms. The van der Waals surface area contributed by atoms with Crippen molar-refractivity contribution in [2.75, 3.05) is 5.32 Å². The largest absolute Gasteiger partial charge is 0.321 e. The standard InChI is InChI=1S/C17H13ClN4O/c1-11-2-4-16(14(18)6-11)22-17(23)12-3-5-15(21-9-12)13-7-19-10-20-8-13/h2-10H,1H3,(H,22,23). The Bertz CT molecular complexity index is 835. The molecule has 0 radical (unpaired) electrons. The molecule has 0 aliphatic carbocycles. The summed E-state index contributed by atoms with van der Waals surface area (Å²) >= 11 is 6.12. The third-order valence-corrected chi connectivity index (χ3v) is 3.57. The lowest BCUT2D eigenvalue weighted by molar-refractivity contribution is 0.102. The Labute approximate surface area is 138 Å². The van der Waals surface area contributed by atoms with E-state index in [1.807, 2.05) is 13.0 Å². The molecule has 2 aromatic heterocycles. The summed E-state index contributed by atoms with van der Waals surface area (Å²) in [6.07, 6.45) is 6.30. The molecule has 1 amide bonds. The molecule has 0 fully saturated rings. The molecule has 3 aromatic rings. The number of carbonyl (C=O) groups excluding carboxylic acids is 1. The van der Waals surface area contributed by atoms with Crippen molar-refractivity contribution in [2.24, 2.45) is 0 Å². The topological polar surface area (TPSA) is 67.8 Å². The number of rotatable bonds is 3. The van der Waals surface area contributed by atoms with Gasteiger partial charge in [-0.25, -0.2) is 9.97 Å². The molecule has 114 valence electrons. The summed E-state index contributed by atoms with van der Waals surface area (Å²) in [6.45, 7) is 1.94. The van der Waals surface area contributed by atoms with Gasteiger partial charge < -0.3 is 5.32 Å². The maximum atomic E-state index is 12.3. The molecule has 3 rings (SSSR count). The van der Waals surface area contributed by atoms with Gasteiger partial charge in [0.1, 0.15) is 6.33 Å². The first-order valence-electron chi connectivity index (χ1n) is 6.92. The van der Waals surface area contributed by atoms with E-state index in [4.69, 9.17) is 11.6 Å². The van der Waals surface area contributed by atoms with E-state index in [1.54, 1.807) is 36.7 Å². The normalized spacial score (nSPS) is 10.3. The molecule has 5 nitrogen and oxygen atoms in total. The Morgan fingerprint density at radius 1 is 1.09 bits per heavy atom. The summed E-state index contributed by atoms with van der Waals surface area (Å²) < 4.78 is 0. The van der Waals surface area contributed by atoms with Crippen molar-refractivity contribution in [1.82, 2.24) is 15.0 Å². The number of nitrogens with zero attached hydrogens (tertiary/aromatic N) is 3. The SMILES string of the molecule is Cc1ccc(NC(=O)c2ccc(-c3cncnc3)nc2)c(Cl)c1. The molecule has 6 heteroatoms. The number of carbonyl (C=O) groups is 1. The predicted molar refractivity (Wildman–Crippen MR) is 89.4 cm³/mol. The number of halogens is 1. The molecule has 0 saturated carbocycles. The maximum absolute atomic E-state index is 12.3. The van der Waals surface area contributed by atoms with Crippen LogP contribution in [0, 0.1) is 6.92 Å². The summed E-state index contributed by atoms with van der Waals surface area (Å²) in [5.74, 6) is -0.265. The number of anilines is 1. The van der Waals surface area contributed by atoms with Gasteiger partial charge in [0.05, 0.1) is 22.0 Å². The second-order valence-corrected chi connectivity index (χ2v) is 5.40. The van der Waals surface area contributed by atoms with Crippen LogP contribution in [-0.4, -0.2) is 20.9 Å². The van der Waals surface area contributed by atoms with Gasteiger partial charge in [-0.3, -0.25) is 9.78 Å². The van der Waals surface area contributed by atoms with Crippen LogP contribution in [0.1, 0.15) is 15.9 Å². The number of pyridine rings is 1. The van der Waals surface area contributed by atoms with Crippen molar-refractivity contribution in [3.05, 3.63) is 71.4 Å². The van der Waals surface area contributed by atoms with Crippen LogP contribution < -0.4 is 5.32 Å². The van der Waals surface area contributed by atoms with Gasteiger partial charge in [0.25, 0.3) is 5.91 Å². The van der Waals surface area contributed by atoms with E-state index >= 15 is 0 Å². The third-order valence-electron chi connectivity index (χ3n) is 3.25. The zero-order chi connectivity index (χ0) is 16.2. The first-order chi connectivity index (χ1) is 11.1. The van der Waals surface area contributed by atoms with E-state index in [2.05, 4.69) is 20.3 Å². The molecule has 0 aliphatic rings. The number of nitrogens with one attached hydrogen (secondary N) is 1. The van der Waals surface area contributed by atoms with Crippen LogP contribution in [0.5, 0.6) is 0 Å². The molecule has 0 atom stereocenters. The first kappa shape index (κ1) is 15.1. The number of hydrogen-bond donors (Lipinski definition) is 1. The van der Waals surface area contributed by atoms with Crippen LogP contribution in [0.2, 0.25) is 5.02 Å². The number of amides is 1. The molecular weight excluding hydrogens is 312 g/mol. The van der Waals surface area contributed by atoms with Crippen LogP contribution in [0.3, 0.4) is 0 Å². The van der Waals surface area contributed by atoms with Gasteiger partial charge in [0.15, 0.2) is 0 Å². The van der Waals surface area contributed by atoms with Gasteiger partial charge in [-0.2, -0.15) is 0 Å². The summed E-state index contributed by atoms with van der Waals surface area (Å²) in [4.78, 5) is 24.4. The zero-order valence-corrected chi connectivity index (χ0v) is 13.1. The predicted octanol–water partition coefficient (Wildman–Crippen LogP) is 3.75. The van der Waals surface area contributed by atoms with Crippen LogP contribution >= 0.6 is 11.6 Å². The lowest BCUT2D eigenvalue weighted by Crippen LogP contribution is -2.12. The van der Waals surface area contributed by atoms with Crippen molar-refractivity contribution < 1.29 is 4.79 Å². The Morgan fingerprint density at radius 2 is 1.87 bits per heavy atom. The summed E-state index contributed by atoms with van der Waals surface area (Å²) in [5, 5.41) is 3.28. The van der Waals surface area contributed by atoms with Gasteiger partial charge in [0, 0.05) is 24.2 Å². The van der Waals surface area contributed by atoms with Crippen molar-refractivity contribution >= 4 is 23.2 Å². The molecule has 1 N–H and O–H groups in total. The molecule has 0 spiro atoms. The number of aryl methyl sites for hydroxylation is 1. The smallest absolute Gasteiger partial charge is 0.257 e. The van der Waals surface area contributed by atoms with E-state index in [1.165, 1.54) is 12.5 Å². The van der Waals surface area contributed by atoms with Gasteiger partial charge in [0.2, 0.25) is 0 Å². The number of aromatic nitrogens is 3. The van der Waals surface area contributed by atoms with E-state index in [0.29, 0.717) is 22.0 Å². The number of benzene rings is 1. The summed E-state index contributed by atoms with van der Waals surface area (Å²) in [7, 11) is 0. The minimum Gasteiger partial charge on any atom is -0.321 e. The first-order valence-corrected chi connectivity index (χ1v) is 7.30.